The van der Waals surface area contributed by atoms with Crippen LogP contribution in [0, 0.1) is 0 Å². The van der Waals surface area contributed by atoms with Gasteiger partial charge in [-0.15, -0.1) is 0 Å². The largest absolute Gasteiger partial charge is 0.478 e. The fourth-order valence-corrected chi connectivity index (χ4v) is 1.72. The van der Waals surface area contributed by atoms with Gasteiger partial charge >= 0.3 is 5.97 Å². The SMILES string of the molecule is O=C(O)c1ccncc1-c1ccccc1CO. The van der Waals surface area contributed by atoms with E-state index in [4.69, 9.17) is 5.11 Å². The van der Waals surface area contributed by atoms with Crippen molar-refractivity contribution >= 4 is 5.97 Å². The summed E-state index contributed by atoms with van der Waals surface area (Å²) < 4.78 is 0. The molecule has 2 N–H and O–H groups in total. The minimum Gasteiger partial charge on any atom is -0.478 e. The maximum atomic E-state index is 11.1. The number of aromatic nitrogens is 1. The predicted octanol–water partition coefficient (Wildman–Crippen LogP) is 1.94. The average Bonchev–Trinajstić information content (AvgIpc) is 2.38. The molecule has 0 radical (unpaired) electrons. The highest BCUT2D eigenvalue weighted by Crippen LogP contribution is 2.26. The van der Waals surface area contributed by atoms with Crippen molar-refractivity contribution in [2.45, 2.75) is 6.61 Å². The van der Waals surface area contributed by atoms with Crippen LogP contribution < -0.4 is 0 Å². The Morgan fingerprint density at radius 3 is 2.65 bits per heavy atom. The van der Waals surface area contributed by atoms with Crippen molar-refractivity contribution < 1.29 is 15.0 Å². The van der Waals surface area contributed by atoms with Crippen LogP contribution in [0.3, 0.4) is 0 Å². The van der Waals surface area contributed by atoms with E-state index in [1.165, 1.54) is 18.5 Å². The van der Waals surface area contributed by atoms with Gasteiger partial charge in [0.05, 0.1) is 12.2 Å². The highest BCUT2D eigenvalue weighted by atomic mass is 16.4. The van der Waals surface area contributed by atoms with Crippen LogP contribution in [0.25, 0.3) is 11.1 Å². The minimum atomic E-state index is -1.00. The Labute approximate surface area is 98.2 Å². The molecule has 0 aliphatic heterocycles. The molecule has 0 atom stereocenters. The number of carboxylic acid groups (broad SMARTS) is 1. The highest BCUT2D eigenvalue weighted by molar-refractivity contribution is 5.96. The minimum absolute atomic E-state index is 0.135. The quantitative estimate of drug-likeness (QED) is 0.843. The van der Waals surface area contributed by atoms with Crippen LogP contribution in [-0.4, -0.2) is 21.2 Å². The summed E-state index contributed by atoms with van der Waals surface area (Å²) in [4.78, 5) is 15.0. The molecule has 0 aliphatic carbocycles. The summed E-state index contributed by atoms with van der Waals surface area (Å²) in [5.74, 6) is -1.00. The molecule has 0 amide bonds. The molecule has 1 aromatic carbocycles. The van der Waals surface area contributed by atoms with Gasteiger partial charge in [0, 0.05) is 18.0 Å². The summed E-state index contributed by atoms with van der Waals surface area (Å²) in [7, 11) is 0. The summed E-state index contributed by atoms with van der Waals surface area (Å²) in [6.07, 6.45) is 2.94. The van der Waals surface area contributed by atoms with Crippen molar-refractivity contribution in [3.8, 4) is 11.1 Å². The number of aromatic carboxylic acids is 1. The Morgan fingerprint density at radius 1 is 1.18 bits per heavy atom. The number of nitrogens with zero attached hydrogens (tertiary/aromatic N) is 1. The van der Waals surface area contributed by atoms with Gasteiger partial charge in [0.25, 0.3) is 0 Å². The molecule has 0 unspecified atom stereocenters. The number of aliphatic hydroxyl groups is 1. The van der Waals surface area contributed by atoms with E-state index in [0.29, 0.717) is 16.7 Å². The second-order valence-electron chi connectivity index (χ2n) is 3.54. The van der Waals surface area contributed by atoms with Crippen molar-refractivity contribution in [1.29, 1.82) is 0 Å². The van der Waals surface area contributed by atoms with Gasteiger partial charge in [-0.2, -0.15) is 0 Å². The number of pyridine rings is 1. The Hall–Kier alpha value is -2.20. The molecule has 0 spiro atoms. The summed E-state index contributed by atoms with van der Waals surface area (Å²) in [5, 5.41) is 18.3. The van der Waals surface area contributed by atoms with E-state index in [1.54, 1.807) is 24.3 Å². The summed E-state index contributed by atoms with van der Waals surface area (Å²) in [6, 6.07) is 8.58. The Balaban J connectivity index is 2.64. The molecule has 4 heteroatoms. The number of hydrogen-bond acceptors (Lipinski definition) is 3. The Bertz CT molecular complexity index is 552. The normalized spacial score (nSPS) is 10.2. The van der Waals surface area contributed by atoms with Gasteiger partial charge in [0.1, 0.15) is 0 Å². The molecule has 0 aliphatic rings. The Kier molecular flexibility index (Phi) is 3.16. The molecule has 17 heavy (non-hydrogen) atoms. The number of benzene rings is 1. The first-order valence-electron chi connectivity index (χ1n) is 5.10. The van der Waals surface area contributed by atoms with E-state index in [1.807, 2.05) is 0 Å². The maximum Gasteiger partial charge on any atom is 0.336 e. The van der Waals surface area contributed by atoms with Crippen LogP contribution >= 0.6 is 0 Å². The second-order valence-corrected chi connectivity index (χ2v) is 3.54. The molecule has 0 saturated carbocycles. The number of carboxylic acids is 1. The van der Waals surface area contributed by atoms with Crippen molar-refractivity contribution in [2.75, 3.05) is 0 Å². The monoisotopic (exact) mass is 229 g/mol. The van der Waals surface area contributed by atoms with E-state index in [2.05, 4.69) is 4.98 Å². The third kappa shape index (κ3) is 2.16. The molecule has 2 aromatic rings. The van der Waals surface area contributed by atoms with Gasteiger partial charge in [-0.25, -0.2) is 4.79 Å². The zero-order valence-corrected chi connectivity index (χ0v) is 9.00. The molecule has 2 rings (SSSR count). The molecule has 1 aromatic heterocycles. The number of hydrogen-bond donors (Lipinski definition) is 2. The molecular weight excluding hydrogens is 218 g/mol. The number of carbonyl (C=O) groups is 1. The third-order valence-corrected chi connectivity index (χ3v) is 2.53. The molecule has 86 valence electrons. The van der Waals surface area contributed by atoms with Crippen LogP contribution in [0.5, 0.6) is 0 Å². The fourth-order valence-electron chi connectivity index (χ4n) is 1.72. The lowest BCUT2D eigenvalue weighted by molar-refractivity contribution is 0.0697. The van der Waals surface area contributed by atoms with Gasteiger partial charge in [-0.05, 0) is 17.2 Å². The lowest BCUT2D eigenvalue weighted by Gasteiger charge is -2.09. The standard InChI is InChI=1S/C13H11NO3/c15-8-9-3-1-2-4-10(9)12-7-14-6-5-11(12)13(16)17/h1-7,15H,8H2,(H,16,17). The van der Waals surface area contributed by atoms with E-state index in [0.717, 1.165) is 0 Å². The van der Waals surface area contributed by atoms with Crippen LogP contribution in [0.4, 0.5) is 0 Å². The molecule has 0 bridgehead atoms. The van der Waals surface area contributed by atoms with Crippen molar-refractivity contribution in [3.63, 3.8) is 0 Å². The van der Waals surface area contributed by atoms with Gasteiger partial charge < -0.3 is 10.2 Å². The van der Waals surface area contributed by atoms with Crippen LogP contribution in [0.15, 0.2) is 42.7 Å². The van der Waals surface area contributed by atoms with Crippen LogP contribution in [0.1, 0.15) is 15.9 Å². The fraction of sp³-hybridized carbons (Fsp3) is 0.0769. The van der Waals surface area contributed by atoms with Crippen molar-refractivity contribution in [2.24, 2.45) is 0 Å². The van der Waals surface area contributed by atoms with E-state index in [-0.39, 0.29) is 12.2 Å². The van der Waals surface area contributed by atoms with Gasteiger partial charge in [0.15, 0.2) is 0 Å². The topological polar surface area (TPSA) is 70.4 Å². The first kappa shape index (κ1) is 11.3. The predicted molar refractivity (Wildman–Crippen MR) is 62.6 cm³/mol. The number of aliphatic hydroxyl groups excluding tert-OH is 1. The smallest absolute Gasteiger partial charge is 0.336 e. The summed E-state index contributed by atoms with van der Waals surface area (Å²) >= 11 is 0. The summed E-state index contributed by atoms with van der Waals surface area (Å²) in [6.45, 7) is -0.135. The first-order valence-corrected chi connectivity index (χ1v) is 5.10. The third-order valence-electron chi connectivity index (χ3n) is 2.53. The van der Waals surface area contributed by atoms with E-state index < -0.39 is 5.97 Å². The van der Waals surface area contributed by atoms with Gasteiger partial charge in [-0.3, -0.25) is 4.98 Å². The van der Waals surface area contributed by atoms with Crippen LogP contribution in [0.2, 0.25) is 0 Å². The lowest BCUT2D eigenvalue weighted by Crippen LogP contribution is -2.01. The molecule has 4 nitrogen and oxygen atoms in total. The van der Waals surface area contributed by atoms with Crippen LogP contribution in [-0.2, 0) is 6.61 Å². The number of rotatable bonds is 3. The molecule has 0 saturated heterocycles. The average molecular weight is 229 g/mol. The Morgan fingerprint density at radius 2 is 1.94 bits per heavy atom. The van der Waals surface area contributed by atoms with Crippen molar-refractivity contribution in [1.82, 2.24) is 4.98 Å². The first-order chi connectivity index (χ1) is 8.24. The lowest BCUT2D eigenvalue weighted by atomic mass is 9.97. The molecule has 0 fully saturated rings. The maximum absolute atomic E-state index is 11.1. The van der Waals surface area contributed by atoms with Gasteiger partial charge in [-0.1, -0.05) is 24.3 Å². The zero-order valence-electron chi connectivity index (χ0n) is 9.00. The van der Waals surface area contributed by atoms with E-state index >= 15 is 0 Å². The molecule has 1 heterocycles. The second kappa shape index (κ2) is 4.76. The van der Waals surface area contributed by atoms with Crippen molar-refractivity contribution in [3.05, 3.63) is 53.9 Å². The van der Waals surface area contributed by atoms with Gasteiger partial charge in [0.2, 0.25) is 0 Å². The highest BCUT2D eigenvalue weighted by Gasteiger charge is 2.13. The zero-order chi connectivity index (χ0) is 12.3. The van der Waals surface area contributed by atoms with E-state index in [9.17, 15) is 9.90 Å². The summed E-state index contributed by atoms with van der Waals surface area (Å²) in [5.41, 5.74) is 2.08. The molecular formula is C13H11NO3.